The van der Waals surface area contributed by atoms with Gasteiger partial charge < -0.3 is 10.4 Å². The number of benzene rings is 3. The molecule has 0 saturated heterocycles. The molecule has 0 bridgehead atoms. The van der Waals surface area contributed by atoms with Gasteiger partial charge in [0.2, 0.25) is 5.91 Å². The third kappa shape index (κ3) is 3.69. The Bertz CT molecular complexity index is 824. The van der Waals surface area contributed by atoms with E-state index in [-0.39, 0.29) is 17.7 Å². The van der Waals surface area contributed by atoms with Crippen LogP contribution in [0.15, 0.2) is 66.7 Å². The first-order chi connectivity index (χ1) is 11.1. The van der Waals surface area contributed by atoms with Gasteiger partial charge in [-0.15, -0.1) is 0 Å². The van der Waals surface area contributed by atoms with Crippen LogP contribution in [-0.4, -0.2) is 11.0 Å². The molecule has 0 aromatic heterocycles. The predicted molar refractivity (Wildman–Crippen MR) is 92.3 cm³/mol. The fourth-order valence-electron chi connectivity index (χ4n) is 2.65. The van der Waals surface area contributed by atoms with Crippen molar-refractivity contribution in [3.63, 3.8) is 0 Å². The summed E-state index contributed by atoms with van der Waals surface area (Å²) in [6.45, 7) is 1.98. The highest BCUT2D eigenvalue weighted by atomic mass is 16.3. The largest absolute Gasteiger partial charge is 0.508 e. The summed E-state index contributed by atoms with van der Waals surface area (Å²) in [5.74, 6) is 0.176. The van der Waals surface area contributed by atoms with Gasteiger partial charge >= 0.3 is 0 Å². The molecular formula is C20H19NO2. The van der Waals surface area contributed by atoms with Crippen LogP contribution in [0.4, 0.5) is 0 Å². The van der Waals surface area contributed by atoms with E-state index in [1.165, 1.54) is 10.8 Å². The third-order valence-corrected chi connectivity index (χ3v) is 3.95. The SMILES string of the molecule is CC(NC(=O)Cc1ccc(O)cc1)c1ccc2ccccc2c1. The zero-order chi connectivity index (χ0) is 16.2. The third-order valence-electron chi connectivity index (χ3n) is 3.95. The van der Waals surface area contributed by atoms with Crippen LogP contribution in [0.5, 0.6) is 5.75 Å². The molecule has 3 heteroatoms. The average Bonchev–Trinajstić information content (AvgIpc) is 2.56. The number of nitrogens with one attached hydrogen (secondary N) is 1. The highest BCUT2D eigenvalue weighted by Gasteiger charge is 2.10. The quantitative estimate of drug-likeness (QED) is 0.766. The number of amides is 1. The lowest BCUT2D eigenvalue weighted by Gasteiger charge is -2.15. The van der Waals surface area contributed by atoms with E-state index < -0.39 is 0 Å². The van der Waals surface area contributed by atoms with Gasteiger partial charge in [0, 0.05) is 0 Å². The van der Waals surface area contributed by atoms with E-state index in [4.69, 9.17) is 0 Å². The number of hydrogen-bond donors (Lipinski definition) is 2. The van der Waals surface area contributed by atoms with E-state index in [0.29, 0.717) is 6.42 Å². The maximum Gasteiger partial charge on any atom is 0.224 e. The Morgan fingerprint density at radius 1 is 1.00 bits per heavy atom. The van der Waals surface area contributed by atoms with E-state index >= 15 is 0 Å². The van der Waals surface area contributed by atoms with E-state index in [9.17, 15) is 9.90 Å². The Labute approximate surface area is 135 Å². The molecule has 3 rings (SSSR count). The van der Waals surface area contributed by atoms with E-state index in [1.807, 2.05) is 25.1 Å². The van der Waals surface area contributed by atoms with Crippen molar-refractivity contribution in [3.8, 4) is 5.75 Å². The summed E-state index contributed by atoms with van der Waals surface area (Å²) in [7, 11) is 0. The minimum atomic E-state index is -0.0516. The summed E-state index contributed by atoms with van der Waals surface area (Å²) in [5, 5.41) is 14.7. The van der Waals surface area contributed by atoms with Crippen molar-refractivity contribution in [2.75, 3.05) is 0 Å². The summed E-state index contributed by atoms with van der Waals surface area (Å²) in [4.78, 5) is 12.2. The first-order valence-electron chi connectivity index (χ1n) is 7.68. The molecule has 116 valence electrons. The number of phenols is 1. The summed E-state index contributed by atoms with van der Waals surface area (Å²) < 4.78 is 0. The summed E-state index contributed by atoms with van der Waals surface area (Å²) >= 11 is 0. The minimum absolute atomic E-state index is 0.0312. The highest BCUT2D eigenvalue weighted by molar-refractivity contribution is 5.83. The van der Waals surface area contributed by atoms with Crippen molar-refractivity contribution < 1.29 is 9.90 Å². The van der Waals surface area contributed by atoms with Gasteiger partial charge in [-0.1, -0.05) is 48.5 Å². The summed E-state index contributed by atoms with van der Waals surface area (Å²) in [6.07, 6.45) is 0.304. The molecule has 0 heterocycles. The molecule has 1 amide bonds. The zero-order valence-electron chi connectivity index (χ0n) is 13.0. The predicted octanol–water partition coefficient (Wildman–Crippen LogP) is 3.97. The smallest absolute Gasteiger partial charge is 0.224 e. The highest BCUT2D eigenvalue weighted by Crippen LogP contribution is 2.20. The van der Waals surface area contributed by atoms with Crippen LogP contribution in [0.1, 0.15) is 24.1 Å². The van der Waals surface area contributed by atoms with Gasteiger partial charge in [0.1, 0.15) is 5.75 Å². The summed E-state index contributed by atoms with van der Waals surface area (Å²) in [5.41, 5.74) is 1.97. The van der Waals surface area contributed by atoms with Crippen molar-refractivity contribution in [2.45, 2.75) is 19.4 Å². The van der Waals surface area contributed by atoms with Crippen LogP contribution in [0.2, 0.25) is 0 Å². The standard InChI is InChI=1S/C20H19NO2/c1-14(17-9-8-16-4-2-3-5-18(16)13-17)21-20(23)12-15-6-10-19(22)11-7-15/h2-11,13-14,22H,12H2,1H3,(H,21,23). The molecule has 0 saturated carbocycles. The molecule has 3 aromatic carbocycles. The molecule has 0 aliphatic rings. The van der Waals surface area contributed by atoms with Crippen LogP contribution in [0, 0.1) is 0 Å². The molecule has 1 atom stereocenters. The van der Waals surface area contributed by atoms with Gasteiger partial charge in [0.25, 0.3) is 0 Å². The Balaban J connectivity index is 1.68. The first kappa shape index (κ1) is 15.1. The molecule has 1 unspecified atom stereocenters. The Hall–Kier alpha value is -2.81. The van der Waals surface area contributed by atoms with Crippen molar-refractivity contribution in [1.29, 1.82) is 0 Å². The second-order valence-corrected chi connectivity index (χ2v) is 5.74. The van der Waals surface area contributed by atoms with Crippen molar-refractivity contribution >= 4 is 16.7 Å². The lowest BCUT2D eigenvalue weighted by atomic mass is 10.0. The topological polar surface area (TPSA) is 49.3 Å². The van der Waals surface area contributed by atoms with Crippen molar-refractivity contribution in [3.05, 3.63) is 77.9 Å². The molecular weight excluding hydrogens is 286 g/mol. The molecule has 0 radical (unpaired) electrons. The van der Waals surface area contributed by atoms with Crippen molar-refractivity contribution in [2.24, 2.45) is 0 Å². The van der Waals surface area contributed by atoms with Crippen LogP contribution in [0.3, 0.4) is 0 Å². The van der Waals surface area contributed by atoms with E-state index in [2.05, 4.69) is 29.6 Å². The van der Waals surface area contributed by atoms with Crippen LogP contribution >= 0.6 is 0 Å². The lowest BCUT2D eigenvalue weighted by Crippen LogP contribution is -2.28. The normalized spacial score (nSPS) is 12.0. The fourth-order valence-corrected chi connectivity index (χ4v) is 2.65. The first-order valence-corrected chi connectivity index (χ1v) is 7.68. The number of carbonyl (C=O) groups excluding carboxylic acids is 1. The van der Waals surface area contributed by atoms with Gasteiger partial charge in [0.05, 0.1) is 12.5 Å². The maximum absolute atomic E-state index is 12.2. The number of aromatic hydroxyl groups is 1. The molecule has 3 aromatic rings. The minimum Gasteiger partial charge on any atom is -0.508 e. The monoisotopic (exact) mass is 305 g/mol. The number of carbonyl (C=O) groups is 1. The Morgan fingerprint density at radius 2 is 1.70 bits per heavy atom. The van der Waals surface area contributed by atoms with Crippen LogP contribution < -0.4 is 5.32 Å². The molecule has 0 aliphatic heterocycles. The van der Waals surface area contributed by atoms with Crippen molar-refractivity contribution in [1.82, 2.24) is 5.32 Å². The Morgan fingerprint density at radius 3 is 2.43 bits per heavy atom. The van der Waals surface area contributed by atoms with Gasteiger partial charge in [-0.2, -0.15) is 0 Å². The summed E-state index contributed by atoms with van der Waals surface area (Å²) in [6, 6.07) is 21.1. The van der Waals surface area contributed by atoms with Gasteiger partial charge in [-0.3, -0.25) is 4.79 Å². The van der Waals surface area contributed by atoms with Crippen LogP contribution in [0.25, 0.3) is 10.8 Å². The molecule has 0 spiro atoms. The number of hydrogen-bond acceptors (Lipinski definition) is 2. The Kier molecular flexibility index (Phi) is 4.29. The van der Waals surface area contributed by atoms with E-state index in [0.717, 1.165) is 11.1 Å². The van der Waals surface area contributed by atoms with Crippen LogP contribution in [-0.2, 0) is 11.2 Å². The molecule has 0 aliphatic carbocycles. The second kappa shape index (κ2) is 6.53. The molecule has 2 N–H and O–H groups in total. The fraction of sp³-hybridized carbons (Fsp3) is 0.150. The van der Waals surface area contributed by atoms with Gasteiger partial charge in [-0.05, 0) is 47.0 Å². The van der Waals surface area contributed by atoms with Gasteiger partial charge in [0.15, 0.2) is 0 Å². The number of fused-ring (bicyclic) bond motifs is 1. The van der Waals surface area contributed by atoms with E-state index in [1.54, 1.807) is 24.3 Å². The number of rotatable bonds is 4. The number of phenolic OH excluding ortho intramolecular Hbond substituents is 1. The second-order valence-electron chi connectivity index (χ2n) is 5.74. The van der Waals surface area contributed by atoms with Gasteiger partial charge in [-0.25, -0.2) is 0 Å². The zero-order valence-corrected chi connectivity index (χ0v) is 13.0. The average molecular weight is 305 g/mol. The maximum atomic E-state index is 12.2. The molecule has 0 fully saturated rings. The molecule has 3 nitrogen and oxygen atoms in total. The molecule has 23 heavy (non-hydrogen) atoms. The lowest BCUT2D eigenvalue weighted by molar-refractivity contribution is -0.121.